The molecule has 1 heterocycles. The van der Waals surface area contributed by atoms with E-state index >= 15 is 0 Å². The summed E-state index contributed by atoms with van der Waals surface area (Å²) in [6.45, 7) is 11.2. The summed E-state index contributed by atoms with van der Waals surface area (Å²) in [5, 5.41) is 0. The molecule has 18 heavy (non-hydrogen) atoms. The Morgan fingerprint density at radius 3 is 2.61 bits per heavy atom. The molecule has 1 aliphatic heterocycles. The molecule has 0 atom stereocenters. The van der Waals surface area contributed by atoms with Crippen molar-refractivity contribution in [1.29, 1.82) is 0 Å². The van der Waals surface area contributed by atoms with Gasteiger partial charge in [-0.2, -0.15) is 0 Å². The Balaban J connectivity index is 2.42. The monoisotopic (exact) mass is 246 g/mol. The molecule has 0 saturated carbocycles. The Morgan fingerprint density at radius 2 is 2.00 bits per heavy atom. The number of hydrogen-bond donors (Lipinski definition) is 1. The van der Waals surface area contributed by atoms with Gasteiger partial charge in [0.25, 0.3) is 0 Å². The number of nitrogens with two attached hydrogens (primary N) is 1. The molecule has 3 heteroatoms. The predicted molar refractivity (Wildman–Crippen MR) is 75.4 cm³/mol. The maximum Gasteiger partial charge on any atom is 0.126 e. The Kier molecular flexibility index (Phi) is 2.88. The van der Waals surface area contributed by atoms with E-state index in [1.807, 2.05) is 32.9 Å². The fourth-order valence-corrected chi connectivity index (χ4v) is 2.11. The lowest BCUT2D eigenvalue weighted by molar-refractivity contribution is 0.291. The largest absolute Gasteiger partial charge is 0.492 e. The SMILES string of the molecule is CC(C)(C)N=C(N)c1ccc2c(c1)C(C)(C)CO2. The van der Waals surface area contributed by atoms with Crippen LogP contribution in [0.5, 0.6) is 5.75 Å². The summed E-state index contributed by atoms with van der Waals surface area (Å²) < 4.78 is 5.67. The first-order valence-corrected chi connectivity index (χ1v) is 6.32. The van der Waals surface area contributed by atoms with E-state index in [1.54, 1.807) is 0 Å². The second kappa shape index (κ2) is 4.01. The minimum atomic E-state index is -0.158. The van der Waals surface area contributed by atoms with Crippen LogP contribution in [-0.2, 0) is 5.41 Å². The smallest absolute Gasteiger partial charge is 0.126 e. The van der Waals surface area contributed by atoms with Gasteiger partial charge >= 0.3 is 0 Å². The maximum atomic E-state index is 6.07. The van der Waals surface area contributed by atoms with E-state index in [2.05, 4.69) is 24.9 Å². The number of benzene rings is 1. The van der Waals surface area contributed by atoms with Gasteiger partial charge in [0.15, 0.2) is 0 Å². The highest BCUT2D eigenvalue weighted by molar-refractivity contribution is 5.98. The van der Waals surface area contributed by atoms with Crippen LogP contribution < -0.4 is 10.5 Å². The Morgan fingerprint density at radius 1 is 1.33 bits per heavy atom. The second-order valence-corrected chi connectivity index (χ2v) is 6.55. The van der Waals surface area contributed by atoms with Crippen molar-refractivity contribution in [2.45, 2.75) is 45.6 Å². The lowest BCUT2D eigenvalue weighted by Gasteiger charge is -2.17. The van der Waals surface area contributed by atoms with Crippen LogP contribution in [0.2, 0.25) is 0 Å². The van der Waals surface area contributed by atoms with Crippen molar-refractivity contribution in [3.63, 3.8) is 0 Å². The molecule has 98 valence electrons. The number of rotatable bonds is 1. The zero-order valence-electron chi connectivity index (χ0n) is 11.9. The molecule has 0 fully saturated rings. The van der Waals surface area contributed by atoms with E-state index in [0.717, 1.165) is 17.9 Å². The van der Waals surface area contributed by atoms with E-state index < -0.39 is 0 Å². The minimum Gasteiger partial charge on any atom is -0.492 e. The molecule has 0 unspecified atom stereocenters. The van der Waals surface area contributed by atoms with Crippen LogP contribution in [0, 0.1) is 0 Å². The first-order valence-electron chi connectivity index (χ1n) is 6.32. The molecule has 2 rings (SSSR count). The highest BCUT2D eigenvalue weighted by Crippen LogP contribution is 2.38. The molecule has 1 aromatic carbocycles. The van der Waals surface area contributed by atoms with Gasteiger partial charge in [0, 0.05) is 16.5 Å². The van der Waals surface area contributed by atoms with E-state index in [1.165, 1.54) is 5.56 Å². The second-order valence-electron chi connectivity index (χ2n) is 6.55. The first-order chi connectivity index (χ1) is 8.19. The molecule has 2 N–H and O–H groups in total. The molecule has 0 aromatic heterocycles. The number of fused-ring (bicyclic) bond motifs is 1. The predicted octanol–water partition coefficient (Wildman–Crippen LogP) is 2.86. The van der Waals surface area contributed by atoms with Gasteiger partial charge in [0.05, 0.1) is 12.1 Å². The van der Waals surface area contributed by atoms with Crippen molar-refractivity contribution in [3.8, 4) is 5.75 Å². The summed E-state index contributed by atoms with van der Waals surface area (Å²) in [6, 6.07) is 6.07. The molecule has 0 amide bonds. The number of hydrogen-bond acceptors (Lipinski definition) is 2. The summed E-state index contributed by atoms with van der Waals surface area (Å²) in [5.74, 6) is 1.56. The van der Waals surface area contributed by atoms with Crippen LogP contribution in [0.25, 0.3) is 0 Å². The fourth-order valence-electron chi connectivity index (χ4n) is 2.11. The van der Waals surface area contributed by atoms with E-state index in [-0.39, 0.29) is 11.0 Å². The van der Waals surface area contributed by atoms with E-state index in [4.69, 9.17) is 10.5 Å². The van der Waals surface area contributed by atoms with Gasteiger partial charge in [-0.1, -0.05) is 13.8 Å². The van der Waals surface area contributed by atoms with E-state index in [9.17, 15) is 0 Å². The van der Waals surface area contributed by atoms with Gasteiger partial charge in [-0.05, 0) is 39.0 Å². The van der Waals surface area contributed by atoms with Crippen LogP contribution in [0.1, 0.15) is 45.7 Å². The third kappa shape index (κ3) is 2.50. The zero-order valence-corrected chi connectivity index (χ0v) is 11.9. The quantitative estimate of drug-likeness (QED) is 0.612. The van der Waals surface area contributed by atoms with Crippen LogP contribution in [0.15, 0.2) is 23.2 Å². The van der Waals surface area contributed by atoms with Gasteiger partial charge < -0.3 is 10.5 Å². The zero-order chi connectivity index (χ0) is 13.6. The summed E-state index contributed by atoms with van der Waals surface area (Å²) in [4.78, 5) is 4.51. The fraction of sp³-hybridized carbons (Fsp3) is 0.533. The van der Waals surface area contributed by atoms with Crippen LogP contribution in [0.3, 0.4) is 0 Å². The number of ether oxygens (including phenoxy) is 1. The molecule has 0 saturated heterocycles. The first kappa shape index (κ1) is 12.9. The van der Waals surface area contributed by atoms with Gasteiger partial charge in [-0.3, -0.25) is 4.99 Å². The van der Waals surface area contributed by atoms with Crippen LogP contribution in [0.4, 0.5) is 0 Å². The average molecular weight is 246 g/mol. The molecular formula is C15H22N2O. The van der Waals surface area contributed by atoms with Gasteiger partial charge in [-0.25, -0.2) is 0 Å². The molecular weight excluding hydrogens is 224 g/mol. The Bertz CT molecular complexity index is 496. The van der Waals surface area contributed by atoms with Crippen molar-refractivity contribution in [1.82, 2.24) is 0 Å². The topological polar surface area (TPSA) is 47.6 Å². The normalized spacial score (nSPS) is 18.4. The van der Waals surface area contributed by atoms with E-state index in [0.29, 0.717) is 5.84 Å². The Labute approximate surface area is 109 Å². The maximum absolute atomic E-state index is 6.07. The average Bonchev–Trinajstić information content (AvgIpc) is 2.52. The van der Waals surface area contributed by atoms with Crippen LogP contribution in [-0.4, -0.2) is 18.0 Å². The summed E-state index contributed by atoms with van der Waals surface area (Å²) in [5.41, 5.74) is 8.15. The molecule has 0 spiro atoms. The standard InChI is InChI=1S/C15H22N2O/c1-14(2,3)17-13(16)10-6-7-12-11(8-10)15(4,5)9-18-12/h6-8H,9H2,1-5H3,(H2,16,17). The van der Waals surface area contributed by atoms with Crippen molar-refractivity contribution in [3.05, 3.63) is 29.3 Å². The third-order valence-electron chi connectivity index (χ3n) is 3.05. The lowest BCUT2D eigenvalue weighted by Crippen LogP contribution is -2.22. The molecule has 1 aromatic rings. The minimum absolute atomic E-state index is 0.0490. The molecule has 0 aliphatic carbocycles. The summed E-state index contributed by atoms with van der Waals surface area (Å²) in [6.07, 6.45) is 0. The lowest BCUT2D eigenvalue weighted by atomic mass is 9.86. The van der Waals surface area contributed by atoms with Crippen molar-refractivity contribution >= 4 is 5.84 Å². The highest BCUT2D eigenvalue weighted by Gasteiger charge is 2.32. The molecule has 3 nitrogen and oxygen atoms in total. The number of nitrogens with zero attached hydrogens (tertiary/aromatic N) is 1. The van der Waals surface area contributed by atoms with Crippen molar-refractivity contribution < 1.29 is 4.74 Å². The highest BCUT2D eigenvalue weighted by atomic mass is 16.5. The van der Waals surface area contributed by atoms with Gasteiger partial charge in [-0.15, -0.1) is 0 Å². The molecule has 0 radical (unpaired) electrons. The third-order valence-corrected chi connectivity index (χ3v) is 3.05. The van der Waals surface area contributed by atoms with Crippen LogP contribution >= 0.6 is 0 Å². The summed E-state index contributed by atoms with van der Waals surface area (Å²) >= 11 is 0. The molecule has 1 aliphatic rings. The van der Waals surface area contributed by atoms with Crippen molar-refractivity contribution in [2.75, 3.05) is 6.61 Å². The van der Waals surface area contributed by atoms with Crippen molar-refractivity contribution in [2.24, 2.45) is 10.7 Å². The number of amidine groups is 1. The summed E-state index contributed by atoms with van der Waals surface area (Å²) in [7, 11) is 0. The Hall–Kier alpha value is -1.51. The van der Waals surface area contributed by atoms with Gasteiger partial charge in [0.2, 0.25) is 0 Å². The number of aliphatic imine (C=N–C) groups is 1. The van der Waals surface area contributed by atoms with Gasteiger partial charge in [0.1, 0.15) is 11.6 Å². The molecule has 0 bridgehead atoms.